The second-order valence-corrected chi connectivity index (χ2v) is 7.82. The minimum absolute atomic E-state index is 0.246. The van der Waals surface area contributed by atoms with Crippen molar-refractivity contribution in [1.82, 2.24) is 19.1 Å². The Morgan fingerprint density at radius 3 is 2.54 bits per heavy atom. The molecule has 2 aromatic heterocycles. The number of imidazole rings is 1. The largest absolute Gasteiger partial charge is 0.390 e. The molecule has 2 heterocycles. The fraction of sp³-hybridized carbons (Fsp3) is 0.706. The average Bonchev–Trinajstić information content (AvgIpc) is 3.25. The summed E-state index contributed by atoms with van der Waals surface area (Å²) in [5, 5.41) is 10.1. The maximum atomic E-state index is 12.9. The molecule has 2 aliphatic carbocycles. The molecule has 2 saturated carbocycles. The molecule has 24 heavy (non-hydrogen) atoms. The summed E-state index contributed by atoms with van der Waals surface area (Å²) in [5.74, 6) is 0.879. The van der Waals surface area contributed by atoms with Crippen LogP contribution in [-0.4, -0.2) is 29.8 Å². The van der Waals surface area contributed by atoms with Gasteiger partial charge in [0.1, 0.15) is 0 Å². The van der Waals surface area contributed by atoms with Crippen molar-refractivity contribution in [1.29, 1.82) is 0 Å². The van der Waals surface area contributed by atoms with Gasteiger partial charge in [-0.2, -0.15) is 0 Å². The van der Waals surface area contributed by atoms with Crippen molar-refractivity contribution in [2.24, 2.45) is 11.8 Å². The summed E-state index contributed by atoms with van der Waals surface area (Å²) < 4.78 is 3.20. The summed E-state index contributed by atoms with van der Waals surface area (Å²) >= 11 is 0. The van der Waals surface area contributed by atoms with Gasteiger partial charge >= 0.3 is 5.69 Å². The van der Waals surface area contributed by atoms with Gasteiger partial charge in [0.2, 0.25) is 0 Å². The van der Waals surface area contributed by atoms with Crippen LogP contribution in [0.15, 0.2) is 15.9 Å². The molecule has 0 spiro atoms. The quantitative estimate of drug-likeness (QED) is 0.881. The zero-order chi connectivity index (χ0) is 16.9. The van der Waals surface area contributed by atoms with E-state index in [0.717, 1.165) is 19.4 Å². The van der Waals surface area contributed by atoms with Gasteiger partial charge in [-0.25, -0.2) is 9.78 Å². The number of nitrogens with one attached hydrogen (secondary N) is 1. The standard InChI is InChI=1S/C17H24N4O3/c1-17(24)6-4-12(5-7-17)9-21-15(22)13-14(19-16(21)23)18-10-20(13)8-11-2-3-11/h10-12,24H,2-9H2,1H3,(H,19,23). The molecule has 7 heteroatoms. The van der Waals surface area contributed by atoms with Gasteiger partial charge in [0.05, 0.1) is 11.9 Å². The van der Waals surface area contributed by atoms with Crippen molar-refractivity contribution in [3.63, 3.8) is 0 Å². The molecule has 2 N–H and O–H groups in total. The van der Waals surface area contributed by atoms with Crippen LogP contribution in [0.5, 0.6) is 0 Å². The molecule has 0 amide bonds. The van der Waals surface area contributed by atoms with Crippen molar-refractivity contribution in [3.8, 4) is 0 Å². The third kappa shape index (κ3) is 2.92. The number of nitrogens with zero attached hydrogens (tertiary/aromatic N) is 3. The topological polar surface area (TPSA) is 92.9 Å². The first-order chi connectivity index (χ1) is 11.4. The van der Waals surface area contributed by atoms with Crippen molar-refractivity contribution in [2.45, 2.75) is 64.1 Å². The molecule has 0 bridgehead atoms. The summed E-state index contributed by atoms with van der Waals surface area (Å²) in [7, 11) is 0. The lowest BCUT2D eigenvalue weighted by Gasteiger charge is -2.33. The van der Waals surface area contributed by atoms with Gasteiger partial charge in [-0.15, -0.1) is 0 Å². The molecule has 0 atom stereocenters. The highest BCUT2D eigenvalue weighted by atomic mass is 16.3. The number of hydrogen-bond acceptors (Lipinski definition) is 4. The zero-order valence-corrected chi connectivity index (χ0v) is 14.0. The van der Waals surface area contributed by atoms with Crippen molar-refractivity contribution in [3.05, 3.63) is 27.2 Å². The van der Waals surface area contributed by atoms with E-state index in [1.165, 1.54) is 17.4 Å². The van der Waals surface area contributed by atoms with Crippen LogP contribution in [0.2, 0.25) is 0 Å². The molecule has 0 radical (unpaired) electrons. The van der Waals surface area contributed by atoms with E-state index in [0.29, 0.717) is 36.5 Å². The minimum Gasteiger partial charge on any atom is -0.390 e. The summed E-state index contributed by atoms with van der Waals surface area (Å²) in [4.78, 5) is 32.1. The molecule has 0 unspecified atom stereocenters. The SMILES string of the molecule is CC1(O)CCC(Cn2c(=O)[nH]c3ncn(CC4CC4)c3c2=O)CC1. The smallest absolute Gasteiger partial charge is 0.330 e. The predicted molar refractivity (Wildman–Crippen MR) is 89.9 cm³/mol. The highest BCUT2D eigenvalue weighted by Gasteiger charge is 2.29. The lowest BCUT2D eigenvalue weighted by molar-refractivity contribution is 0.00554. The molecule has 2 aliphatic rings. The van der Waals surface area contributed by atoms with E-state index in [4.69, 9.17) is 0 Å². The molecule has 2 aromatic rings. The van der Waals surface area contributed by atoms with Crippen LogP contribution >= 0.6 is 0 Å². The fourth-order valence-electron chi connectivity index (χ4n) is 3.71. The molecule has 0 saturated heterocycles. The molecule has 7 nitrogen and oxygen atoms in total. The Hall–Kier alpha value is -1.89. The molecule has 0 aromatic carbocycles. The lowest BCUT2D eigenvalue weighted by atomic mass is 9.80. The Kier molecular flexibility index (Phi) is 3.63. The van der Waals surface area contributed by atoms with E-state index in [1.807, 2.05) is 11.5 Å². The first kappa shape index (κ1) is 15.6. The van der Waals surface area contributed by atoms with Crippen LogP contribution in [0.4, 0.5) is 0 Å². The number of fused-ring (bicyclic) bond motifs is 1. The molecule has 130 valence electrons. The number of aromatic nitrogens is 4. The van der Waals surface area contributed by atoms with E-state index in [-0.39, 0.29) is 17.2 Å². The highest BCUT2D eigenvalue weighted by molar-refractivity contribution is 5.69. The Morgan fingerprint density at radius 1 is 1.21 bits per heavy atom. The molecule has 2 fully saturated rings. The number of aliphatic hydroxyl groups is 1. The molecule has 0 aliphatic heterocycles. The summed E-state index contributed by atoms with van der Waals surface area (Å²) in [6.07, 6.45) is 7.13. The van der Waals surface area contributed by atoms with E-state index in [9.17, 15) is 14.7 Å². The van der Waals surface area contributed by atoms with Crippen LogP contribution < -0.4 is 11.2 Å². The van der Waals surface area contributed by atoms with Crippen LogP contribution in [-0.2, 0) is 13.1 Å². The molecular weight excluding hydrogens is 308 g/mol. The van der Waals surface area contributed by atoms with Gasteiger partial charge in [0.25, 0.3) is 5.56 Å². The van der Waals surface area contributed by atoms with Crippen LogP contribution in [0.3, 0.4) is 0 Å². The Morgan fingerprint density at radius 2 is 1.88 bits per heavy atom. The normalized spacial score (nSPS) is 27.7. The first-order valence-corrected chi connectivity index (χ1v) is 8.83. The van der Waals surface area contributed by atoms with Crippen molar-refractivity contribution in [2.75, 3.05) is 0 Å². The Labute approximate surface area is 139 Å². The summed E-state index contributed by atoms with van der Waals surface area (Å²) in [6.45, 7) is 3.06. The maximum Gasteiger partial charge on any atom is 0.330 e. The van der Waals surface area contributed by atoms with Crippen molar-refractivity contribution < 1.29 is 5.11 Å². The van der Waals surface area contributed by atoms with Gasteiger partial charge in [-0.05, 0) is 57.3 Å². The minimum atomic E-state index is -0.610. The van der Waals surface area contributed by atoms with Gasteiger partial charge < -0.3 is 9.67 Å². The average molecular weight is 332 g/mol. The second-order valence-electron chi connectivity index (χ2n) is 7.82. The second kappa shape index (κ2) is 5.58. The third-order valence-corrected chi connectivity index (χ3v) is 5.53. The Balaban J connectivity index is 1.65. The van der Waals surface area contributed by atoms with E-state index >= 15 is 0 Å². The summed E-state index contributed by atoms with van der Waals surface area (Å²) in [5.41, 5.74) is -0.357. The lowest BCUT2D eigenvalue weighted by Crippen LogP contribution is -2.40. The summed E-state index contributed by atoms with van der Waals surface area (Å²) in [6, 6.07) is 0. The first-order valence-electron chi connectivity index (χ1n) is 8.83. The zero-order valence-electron chi connectivity index (χ0n) is 14.0. The Bertz CT molecular complexity index is 862. The molecule has 4 rings (SSSR count). The van der Waals surface area contributed by atoms with Crippen LogP contribution in [0.25, 0.3) is 11.2 Å². The van der Waals surface area contributed by atoms with Gasteiger partial charge in [0.15, 0.2) is 11.2 Å². The number of aromatic amines is 1. The fourth-order valence-corrected chi connectivity index (χ4v) is 3.71. The predicted octanol–water partition coefficient (Wildman–Crippen LogP) is 1.24. The monoisotopic (exact) mass is 332 g/mol. The van der Waals surface area contributed by atoms with Gasteiger partial charge in [0, 0.05) is 13.1 Å². The molecular formula is C17H24N4O3. The van der Waals surface area contributed by atoms with Crippen molar-refractivity contribution >= 4 is 11.2 Å². The number of hydrogen-bond donors (Lipinski definition) is 2. The van der Waals surface area contributed by atoms with Gasteiger partial charge in [-0.3, -0.25) is 14.3 Å². The van der Waals surface area contributed by atoms with Crippen LogP contribution in [0, 0.1) is 11.8 Å². The number of H-pyrrole nitrogens is 1. The maximum absolute atomic E-state index is 12.9. The van der Waals surface area contributed by atoms with E-state index in [1.54, 1.807) is 6.33 Å². The van der Waals surface area contributed by atoms with Crippen LogP contribution in [0.1, 0.15) is 45.4 Å². The van der Waals surface area contributed by atoms with Gasteiger partial charge in [-0.1, -0.05) is 0 Å². The van der Waals surface area contributed by atoms with E-state index < -0.39 is 5.60 Å². The third-order valence-electron chi connectivity index (χ3n) is 5.53. The van der Waals surface area contributed by atoms with E-state index in [2.05, 4.69) is 9.97 Å². The highest BCUT2D eigenvalue weighted by Crippen LogP contribution is 2.32. The number of rotatable bonds is 4.